The number of benzene rings is 3. The minimum absolute atomic E-state index is 0.168. The molecule has 1 saturated heterocycles. The Labute approximate surface area is 237 Å². The number of halogens is 1. The second kappa shape index (κ2) is 12.0. The van der Waals surface area contributed by atoms with Gasteiger partial charge in [-0.3, -0.25) is 14.5 Å². The monoisotopic (exact) mass is 566 g/mol. The normalized spacial score (nSPS) is 14.2. The highest BCUT2D eigenvalue weighted by Gasteiger charge is 2.34. The molecule has 1 heterocycles. The van der Waals surface area contributed by atoms with Gasteiger partial charge in [0.25, 0.3) is 11.8 Å². The van der Waals surface area contributed by atoms with Crippen LogP contribution in [0.4, 0.5) is 11.4 Å². The molecule has 38 heavy (non-hydrogen) atoms. The molecule has 2 amide bonds. The molecule has 0 radical (unpaired) electrons. The zero-order chi connectivity index (χ0) is 27.4. The molecule has 0 aliphatic carbocycles. The first kappa shape index (κ1) is 27.7. The molecule has 3 aromatic rings. The molecule has 6 nitrogen and oxygen atoms in total. The first-order chi connectivity index (χ1) is 18.2. The molecule has 196 valence electrons. The first-order valence-electron chi connectivity index (χ1n) is 12.0. The number of hydrogen-bond donors (Lipinski definition) is 1. The van der Waals surface area contributed by atoms with Crippen molar-refractivity contribution in [3.63, 3.8) is 0 Å². The zero-order valence-corrected chi connectivity index (χ0v) is 23.9. The summed E-state index contributed by atoms with van der Waals surface area (Å²) in [6.45, 7) is 7.87. The van der Waals surface area contributed by atoms with Crippen LogP contribution in [0, 0.1) is 20.8 Å². The van der Waals surface area contributed by atoms with E-state index in [-0.39, 0.29) is 18.4 Å². The fourth-order valence-corrected chi connectivity index (χ4v) is 5.42. The number of rotatable bonds is 8. The Morgan fingerprint density at radius 3 is 2.61 bits per heavy atom. The number of anilines is 2. The van der Waals surface area contributed by atoms with E-state index in [0.29, 0.717) is 38.0 Å². The smallest absolute Gasteiger partial charge is 0.270 e. The van der Waals surface area contributed by atoms with Crippen molar-refractivity contribution in [1.29, 1.82) is 0 Å². The minimum Gasteiger partial charge on any atom is -0.490 e. The van der Waals surface area contributed by atoms with Crippen LogP contribution in [-0.2, 0) is 9.59 Å². The van der Waals surface area contributed by atoms with Gasteiger partial charge in [0.1, 0.15) is 0 Å². The second-order valence-electron chi connectivity index (χ2n) is 8.70. The van der Waals surface area contributed by atoms with Crippen LogP contribution in [0.5, 0.6) is 11.5 Å². The van der Waals surface area contributed by atoms with Gasteiger partial charge in [-0.25, -0.2) is 0 Å². The van der Waals surface area contributed by atoms with Gasteiger partial charge in [-0.05, 0) is 80.8 Å². The summed E-state index contributed by atoms with van der Waals surface area (Å²) in [5.74, 6) is 0.401. The van der Waals surface area contributed by atoms with Crippen LogP contribution in [0.2, 0.25) is 5.02 Å². The molecule has 0 unspecified atom stereocenters. The number of thioether (sulfide) groups is 1. The number of hydrogen-bond acceptors (Lipinski definition) is 6. The topological polar surface area (TPSA) is 67.9 Å². The molecule has 0 bridgehead atoms. The molecular weight excluding hydrogens is 540 g/mol. The maximum Gasteiger partial charge on any atom is 0.270 e. The number of aryl methyl sites for hydroxylation is 2. The van der Waals surface area contributed by atoms with E-state index in [1.54, 1.807) is 47.4 Å². The maximum atomic E-state index is 13.2. The lowest BCUT2D eigenvalue weighted by Gasteiger charge is -2.17. The van der Waals surface area contributed by atoms with E-state index in [0.717, 1.165) is 27.9 Å². The number of nitrogens with one attached hydrogen (secondary N) is 1. The Morgan fingerprint density at radius 1 is 1.08 bits per heavy atom. The standard InChI is InChI=1S/C29H27ClN2O4S2/c1-5-35-25-14-20(10-12-24(25)36-16-27(33)31-22-8-6-7-21(30)19(22)4)15-26-28(34)32(29(37)38-26)23-11-9-17(2)13-18(23)3/h6-15H,5,16H2,1-4H3,(H,31,33)/b26-15-. The average Bonchev–Trinajstić information content (AvgIpc) is 3.14. The molecule has 1 aliphatic rings. The van der Waals surface area contributed by atoms with Gasteiger partial charge in [0, 0.05) is 10.7 Å². The third-order valence-electron chi connectivity index (χ3n) is 5.85. The van der Waals surface area contributed by atoms with Crippen molar-refractivity contribution >= 4 is 69.2 Å². The van der Waals surface area contributed by atoms with Gasteiger partial charge in [-0.15, -0.1) is 0 Å². The summed E-state index contributed by atoms with van der Waals surface area (Å²) in [6, 6.07) is 16.5. The summed E-state index contributed by atoms with van der Waals surface area (Å²) < 4.78 is 12.0. The van der Waals surface area contributed by atoms with E-state index < -0.39 is 0 Å². The van der Waals surface area contributed by atoms with Crippen LogP contribution in [0.1, 0.15) is 29.2 Å². The number of amides is 2. The van der Waals surface area contributed by atoms with Crippen molar-refractivity contribution in [3.8, 4) is 11.5 Å². The van der Waals surface area contributed by atoms with Crippen LogP contribution in [0.3, 0.4) is 0 Å². The highest BCUT2D eigenvalue weighted by atomic mass is 35.5. The van der Waals surface area contributed by atoms with Gasteiger partial charge < -0.3 is 14.8 Å². The lowest BCUT2D eigenvalue weighted by molar-refractivity contribution is -0.118. The number of carbonyl (C=O) groups is 2. The molecule has 0 atom stereocenters. The molecule has 4 rings (SSSR count). The first-order valence-corrected chi connectivity index (χ1v) is 13.6. The molecular formula is C29H27ClN2O4S2. The summed E-state index contributed by atoms with van der Waals surface area (Å²) in [4.78, 5) is 27.8. The summed E-state index contributed by atoms with van der Waals surface area (Å²) >= 11 is 12.9. The number of nitrogens with zero attached hydrogens (tertiary/aromatic N) is 1. The van der Waals surface area contributed by atoms with Crippen LogP contribution in [0.15, 0.2) is 59.5 Å². The SMILES string of the molecule is CCOc1cc(/C=C2\SC(=S)N(c3ccc(C)cc3C)C2=O)ccc1OCC(=O)Nc1cccc(Cl)c1C. The van der Waals surface area contributed by atoms with Gasteiger partial charge in [0.2, 0.25) is 0 Å². The average molecular weight is 567 g/mol. The minimum atomic E-state index is -0.322. The molecule has 0 saturated carbocycles. The van der Waals surface area contributed by atoms with E-state index in [1.807, 2.05) is 45.9 Å². The highest BCUT2D eigenvalue weighted by molar-refractivity contribution is 8.27. The molecule has 0 aromatic heterocycles. The number of carbonyl (C=O) groups excluding carboxylic acids is 2. The van der Waals surface area contributed by atoms with Crippen LogP contribution in [-0.4, -0.2) is 29.3 Å². The summed E-state index contributed by atoms with van der Waals surface area (Å²) in [5, 5.41) is 3.38. The van der Waals surface area contributed by atoms with Crippen LogP contribution < -0.4 is 19.7 Å². The van der Waals surface area contributed by atoms with E-state index in [1.165, 1.54) is 11.8 Å². The maximum absolute atomic E-state index is 13.2. The quantitative estimate of drug-likeness (QED) is 0.232. The van der Waals surface area contributed by atoms with Crippen molar-refractivity contribution < 1.29 is 19.1 Å². The Kier molecular flexibility index (Phi) is 8.76. The predicted molar refractivity (Wildman–Crippen MR) is 159 cm³/mol. The van der Waals surface area contributed by atoms with E-state index in [2.05, 4.69) is 5.32 Å². The van der Waals surface area contributed by atoms with Gasteiger partial charge in [-0.1, -0.05) is 65.4 Å². The van der Waals surface area contributed by atoms with E-state index >= 15 is 0 Å². The molecule has 9 heteroatoms. The number of thiocarbonyl (C=S) groups is 1. The van der Waals surface area contributed by atoms with E-state index in [9.17, 15) is 9.59 Å². The van der Waals surface area contributed by atoms with Crippen LogP contribution in [0.25, 0.3) is 6.08 Å². The van der Waals surface area contributed by atoms with E-state index in [4.69, 9.17) is 33.3 Å². The lowest BCUT2D eigenvalue weighted by atomic mass is 10.1. The molecule has 3 aromatic carbocycles. The van der Waals surface area contributed by atoms with Crippen LogP contribution >= 0.6 is 35.6 Å². The summed E-state index contributed by atoms with van der Waals surface area (Å²) in [5.41, 5.74) is 5.05. The Morgan fingerprint density at radius 2 is 1.87 bits per heavy atom. The molecule has 1 N–H and O–H groups in total. The predicted octanol–water partition coefficient (Wildman–Crippen LogP) is 7.09. The van der Waals surface area contributed by atoms with Gasteiger partial charge in [-0.2, -0.15) is 0 Å². The Hall–Kier alpha value is -3.33. The van der Waals surface area contributed by atoms with Crippen molar-refractivity contribution in [1.82, 2.24) is 0 Å². The van der Waals surface area contributed by atoms with Gasteiger partial charge >= 0.3 is 0 Å². The largest absolute Gasteiger partial charge is 0.490 e. The zero-order valence-electron chi connectivity index (χ0n) is 21.5. The molecule has 0 spiro atoms. The van der Waals surface area contributed by atoms with Crippen molar-refractivity contribution in [2.75, 3.05) is 23.4 Å². The number of ether oxygens (including phenoxy) is 2. The third-order valence-corrected chi connectivity index (χ3v) is 7.56. The van der Waals surface area contributed by atoms with Crippen molar-refractivity contribution in [2.45, 2.75) is 27.7 Å². The highest BCUT2D eigenvalue weighted by Crippen LogP contribution is 2.38. The van der Waals surface area contributed by atoms with Crippen molar-refractivity contribution in [2.24, 2.45) is 0 Å². The van der Waals surface area contributed by atoms with Gasteiger partial charge in [0.15, 0.2) is 22.4 Å². The summed E-state index contributed by atoms with van der Waals surface area (Å²) in [6.07, 6.45) is 1.78. The lowest BCUT2D eigenvalue weighted by Crippen LogP contribution is -2.28. The molecule has 1 aliphatic heterocycles. The fraction of sp³-hybridized carbons (Fsp3) is 0.207. The summed E-state index contributed by atoms with van der Waals surface area (Å²) in [7, 11) is 0. The fourth-order valence-electron chi connectivity index (χ4n) is 3.96. The Balaban J connectivity index is 1.49. The Bertz CT molecular complexity index is 1450. The third kappa shape index (κ3) is 6.20. The second-order valence-corrected chi connectivity index (χ2v) is 10.8. The molecule has 1 fully saturated rings. The van der Waals surface area contributed by atoms with Gasteiger partial charge in [0.05, 0.1) is 17.2 Å². The van der Waals surface area contributed by atoms with Crippen molar-refractivity contribution in [3.05, 3.63) is 86.8 Å².